The Morgan fingerprint density at radius 3 is 2.20 bits per heavy atom. The van der Waals surface area contributed by atoms with Crippen molar-refractivity contribution in [3.05, 3.63) is 28.8 Å². The van der Waals surface area contributed by atoms with Crippen molar-refractivity contribution in [3.8, 4) is 0 Å². The van der Waals surface area contributed by atoms with E-state index in [2.05, 4.69) is 6.92 Å². The van der Waals surface area contributed by atoms with E-state index in [4.69, 9.17) is 4.18 Å². The van der Waals surface area contributed by atoms with E-state index in [1.165, 1.54) is 0 Å². The molecular weight excluding hydrogens is 272 g/mol. The van der Waals surface area contributed by atoms with Crippen molar-refractivity contribution in [2.24, 2.45) is 0 Å². The third-order valence-electron chi connectivity index (χ3n) is 3.05. The molecule has 0 spiro atoms. The summed E-state index contributed by atoms with van der Waals surface area (Å²) in [6.45, 7) is 11.6. The Kier molecular flexibility index (Phi) is 5.78. The van der Waals surface area contributed by atoms with Gasteiger partial charge in [-0.15, -0.1) is 0 Å². The number of hydrogen-bond donors (Lipinski definition) is 0. The van der Waals surface area contributed by atoms with Crippen LogP contribution in [0.15, 0.2) is 17.0 Å². The summed E-state index contributed by atoms with van der Waals surface area (Å²) in [5.74, 6) is 0.144. The number of hydrogen-bond acceptors (Lipinski definition) is 3. The van der Waals surface area contributed by atoms with E-state index >= 15 is 0 Å². The smallest absolute Gasteiger partial charge is 0.264 e. The Bertz CT molecular complexity index is 557. The lowest BCUT2D eigenvalue weighted by Crippen LogP contribution is -2.17. The van der Waals surface area contributed by atoms with E-state index in [0.717, 1.165) is 29.5 Å². The van der Waals surface area contributed by atoms with Gasteiger partial charge in [-0.3, -0.25) is 4.18 Å². The van der Waals surface area contributed by atoms with Crippen LogP contribution in [0.25, 0.3) is 0 Å². The second kappa shape index (κ2) is 6.72. The van der Waals surface area contributed by atoms with Crippen molar-refractivity contribution in [2.75, 3.05) is 0 Å². The lowest BCUT2D eigenvalue weighted by Gasteiger charge is -2.19. The van der Waals surface area contributed by atoms with Crippen molar-refractivity contribution in [1.82, 2.24) is 0 Å². The molecule has 3 nitrogen and oxygen atoms in total. The minimum Gasteiger partial charge on any atom is -0.264 e. The average Bonchev–Trinajstić information content (AvgIpc) is 2.25. The van der Waals surface area contributed by atoms with Gasteiger partial charge in [0.15, 0.2) is 0 Å². The average molecular weight is 298 g/mol. The van der Waals surface area contributed by atoms with E-state index in [-0.39, 0.29) is 12.0 Å². The van der Waals surface area contributed by atoms with Crippen molar-refractivity contribution >= 4 is 10.1 Å². The molecule has 0 aliphatic carbocycles. The first-order chi connectivity index (χ1) is 9.19. The van der Waals surface area contributed by atoms with Crippen molar-refractivity contribution in [1.29, 1.82) is 0 Å². The standard InChI is InChI=1S/C16H26O3S/c1-7-8-14-9-13(6)10-15(11(2)3)16(14)20(17,18)19-12(4)5/h9-12H,7-8H2,1-6H3. The lowest BCUT2D eigenvalue weighted by molar-refractivity contribution is 0.248. The quantitative estimate of drug-likeness (QED) is 0.740. The van der Waals surface area contributed by atoms with E-state index in [0.29, 0.717) is 4.90 Å². The van der Waals surface area contributed by atoms with Crippen LogP contribution in [0.1, 0.15) is 63.6 Å². The number of rotatable bonds is 6. The molecule has 0 aliphatic heterocycles. The summed E-state index contributed by atoms with van der Waals surface area (Å²) in [7, 11) is -3.70. The highest BCUT2D eigenvalue weighted by molar-refractivity contribution is 7.86. The highest BCUT2D eigenvalue weighted by Crippen LogP contribution is 2.31. The molecule has 0 saturated heterocycles. The molecule has 114 valence electrons. The molecule has 1 rings (SSSR count). The van der Waals surface area contributed by atoms with Crippen LogP contribution in [0.5, 0.6) is 0 Å². The van der Waals surface area contributed by atoms with Gasteiger partial charge in [-0.1, -0.05) is 44.9 Å². The van der Waals surface area contributed by atoms with Crippen molar-refractivity contribution in [2.45, 2.75) is 71.3 Å². The van der Waals surface area contributed by atoms with Crippen LogP contribution in [-0.4, -0.2) is 14.5 Å². The molecule has 0 atom stereocenters. The molecule has 1 aromatic carbocycles. The minimum atomic E-state index is -3.70. The monoisotopic (exact) mass is 298 g/mol. The fourth-order valence-corrected chi connectivity index (χ4v) is 4.04. The highest BCUT2D eigenvalue weighted by atomic mass is 32.2. The van der Waals surface area contributed by atoms with E-state index < -0.39 is 10.1 Å². The predicted molar refractivity (Wildman–Crippen MR) is 82.7 cm³/mol. The maximum absolute atomic E-state index is 12.6. The first kappa shape index (κ1) is 17.2. The Labute approximate surface area is 123 Å². The van der Waals surface area contributed by atoms with E-state index in [1.807, 2.05) is 32.9 Å². The zero-order chi connectivity index (χ0) is 15.5. The molecule has 0 aliphatic rings. The Morgan fingerprint density at radius 1 is 1.15 bits per heavy atom. The van der Waals surface area contributed by atoms with Crippen LogP contribution in [0.4, 0.5) is 0 Å². The Morgan fingerprint density at radius 2 is 1.75 bits per heavy atom. The maximum atomic E-state index is 12.6. The second-order valence-corrected chi connectivity index (χ2v) is 7.36. The number of benzene rings is 1. The van der Waals surface area contributed by atoms with Gasteiger partial charge in [-0.2, -0.15) is 8.42 Å². The Hall–Kier alpha value is -0.870. The normalized spacial score (nSPS) is 12.4. The van der Waals surface area contributed by atoms with Gasteiger partial charge in [0.05, 0.1) is 6.10 Å². The fraction of sp³-hybridized carbons (Fsp3) is 0.625. The molecule has 0 amide bonds. The van der Waals surface area contributed by atoms with E-state index in [1.54, 1.807) is 13.8 Å². The van der Waals surface area contributed by atoms with Gasteiger partial charge in [-0.25, -0.2) is 0 Å². The molecule has 0 aromatic heterocycles. The SMILES string of the molecule is CCCc1cc(C)cc(C(C)C)c1S(=O)(=O)OC(C)C. The molecule has 0 heterocycles. The summed E-state index contributed by atoms with van der Waals surface area (Å²) < 4.78 is 30.3. The summed E-state index contributed by atoms with van der Waals surface area (Å²) in [6, 6.07) is 3.92. The first-order valence-corrected chi connectivity index (χ1v) is 8.66. The molecule has 1 aromatic rings. The second-order valence-electron chi connectivity index (χ2n) is 5.85. The van der Waals surface area contributed by atoms with Gasteiger partial charge < -0.3 is 0 Å². The Balaban J connectivity index is 3.55. The third kappa shape index (κ3) is 4.06. The summed E-state index contributed by atoms with van der Waals surface area (Å²) in [6.07, 6.45) is 1.30. The third-order valence-corrected chi connectivity index (χ3v) is 4.69. The van der Waals surface area contributed by atoms with Gasteiger partial charge >= 0.3 is 0 Å². The van der Waals surface area contributed by atoms with Crippen LogP contribution in [0, 0.1) is 6.92 Å². The van der Waals surface area contributed by atoms with Crippen LogP contribution in [0.3, 0.4) is 0 Å². The predicted octanol–water partition coefficient (Wildman–Crippen LogP) is 4.18. The number of aryl methyl sites for hydroxylation is 2. The van der Waals surface area contributed by atoms with Crippen LogP contribution >= 0.6 is 0 Å². The molecule has 0 radical (unpaired) electrons. The van der Waals surface area contributed by atoms with Crippen molar-refractivity contribution < 1.29 is 12.6 Å². The summed E-state index contributed by atoms with van der Waals surface area (Å²) >= 11 is 0. The highest BCUT2D eigenvalue weighted by Gasteiger charge is 2.26. The first-order valence-electron chi connectivity index (χ1n) is 7.25. The summed E-state index contributed by atoms with van der Waals surface area (Å²) in [4.78, 5) is 0.383. The zero-order valence-electron chi connectivity index (χ0n) is 13.4. The van der Waals surface area contributed by atoms with Crippen LogP contribution in [0.2, 0.25) is 0 Å². The molecule has 4 heteroatoms. The lowest BCUT2D eigenvalue weighted by atomic mass is 9.96. The fourth-order valence-electron chi connectivity index (χ4n) is 2.37. The molecular formula is C16H26O3S. The van der Waals surface area contributed by atoms with Gasteiger partial charge in [0, 0.05) is 0 Å². The largest absolute Gasteiger partial charge is 0.297 e. The van der Waals surface area contributed by atoms with Crippen LogP contribution in [-0.2, 0) is 20.7 Å². The van der Waals surface area contributed by atoms with Gasteiger partial charge in [0.2, 0.25) is 0 Å². The van der Waals surface area contributed by atoms with Crippen LogP contribution < -0.4 is 0 Å². The maximum Gasteiger partial charge on any atom is 0.297 e. The molecule has 0 bridgehead atoms. The van der Waals surface area contributed by atoms with Gasteiger partial charge in [0.25, 0.3) is 10.1 Å². The molecule has 0 N–H and O–H groups in total. The molecule has 0 saturated carbocycles. The minimum absolute atomic E-state index is 0.144. The van der Waals surface area contributed by atoms with E-state index in [9.17, 15) is 8.42 Å². The van der Waals surface area contributed by atoms with Gasteiger partial charge in [0.1, 0.15) is 4.90 Å². The molecule has 0 fully saturated rings. The van der Waals surface area contributed by atoms with Gasteiger partial charge in [-0.05, 0) is 44.2 Å². The molecule has 20 heavy (non-hydrogen) atoms. The zero-order valence-corrected chi connectivity index (χ0v) is 14.2. The van der Waals surface area contributed by atoms with Crippen molar-refractivity contribution in [3.63, 3.8) is 0 Å². The molecule has 0 unspecified atom stereocenters. The summed E-state index contributed by atoms with van der Waals surface area (Å²) in [5.41, 5.74) is 2.83. The summed E-state index contributed by atoms with van der Waals surface area (Å²) in [5, 5.41) is 0. The topological polar surface area (TPSA) is 43.4 Å².